The molecule has 0 unspecified atom stereocenters. The van der Waals surface area contributed by atoms with Gasteiger partial charge in [-0.25, -0.2) is 9.79 Å². The summed E-state index contributed by atoms with van der Waals surface area (Å²) in [6, 6.07) is 14.8. The summed E-state index contributed by atoms with van der Waals surface area (Å²) in [5, 5.41) is 0. The van der Waals surface area contributed by atoms with Crippen molar-refractivity contribution in [2.45, 2.75) is 26.8 Å². The maximum atomic E-state index is 13.7. The van der Waals surface area contributed by atoms with E-state index >= 15 is 0 Å². The Kier molecular flexibility index (Phi) is 8.08. The third-order valence-corrected chi connectivity index (χ3v) is 7.31. The maximum Gasteiger partial charge on any atom is 0.338 e. The summed E-state index contributed by atoms with van der Waals surface area (Å²) in [5.74, 6) is 0.157. The fourth-order valence-corrected chi connectivity index (χ4v) is 5.46. The number of carbonyl (C=O) groups excluding carboxylic acids is 1. The topological polar surface area (TPSA) is 73.1 Å². The van der Waals surface area contributed by atoms with E-state index in [0.29, 0.717) is 26.4 Å². The molecule has 2 heterocycles. The van der Waals surface area contributed by atoms with Crippen molar-refractivity contribution in [3.8, 4) is 5.75 Å². The lowest BCUT2D eigenvalue weighted by Gasteiger charge is -2.24. The molecular formula is C29H31N3O4S. The lowest BCUT2D eigenvalue weighted by Crippen LogP contribution is -2.39. The second kappa shape index (κ2) is 11.4. The molecule has 1 atom stereocenters. The molecule has 0 aliphatic carbocycles. The summed E-state index contributed by atoms with van der Waals surface area (Å²) < 4.78 is 12.8. The van der Waals surface area contributed by atoms with Crippen molar-refractivity contribution in [1.82, 2.24) is 4.57 Å². The van der Waals surface area contributed by atoms with Gasteiger partial charge in [-0.1, -0.05) is 48.3 Å². The predicted molar refractivity (Wildman–Crippen MR) is 148 cm³/mol. The molecule has 0 saturated carbocycles. The van der Waals surface area contributed by atoms with Crippen LogP contribution < -0.4 is 24.5 Å². The standard InChI is InChI=1S/C29H31N3O4S/c1-6-17-36-28(34)25-19(4)30-29-32(26(25)21-11-15-23(35-5)16-12-21)27(33)24(37-29)18-20-9-13-22(14-10-20)31(7-2)8-3/h6,9-16,18,26H,1,7-8,17H2,2-5H3/b24-18+/t26-/m1/s1. The first-order valence-corrected chi connectivity index (χ1v) is 13.0. The number of thiazole rings is 1. The largest absolute Gasteiger partial charge is 0.497 e. The minimum atomic E-state index is -0.674. The quantitative estimate of drug-likeness (QED) is 0.319. The number of ether oxygens (including phenoxy) is 2. The van der Waals surface area contributed by atoms with Crippen LogP contribution in [-0.2, 0) is 9.53 Å². The average Bonchev–Trinajstić information content (AvgIpc) is 3.22. The molecule has 4 rings (SSSR count). The van der Waals surface area contributed by atoms with Crippen LogP contribution in [0, 0.1) is 0 Å². The number of hydrogen-bond acceptors (Lipinski definition) is 7. The van der Waals surface area contributed by atoms with Gasteiger partial charge in [0.25, 0.3) is 5.56 Å². The molecule has 0 N–H and O–H groups in total. The normalized spacial score (nSPS) is 15.1. The van der Waals surface area contributed by atoms with Crippen LogP contribution in [0.15, 0.2) is 82.2 Å². The van der Waals surface area contributed by atoms with Crippen LogP contribution in [0.3, 0.4) is 0 Å². The van der Waals surface area contributed by atoms with Gasteiger partial charge >= 0.3 is 5.97 Å². The first-order valence-electron chi connectivity index (χ1n) is 12.2. The Morgan fingerprint density at radius 1 is 1.14 bits per heavy atom. The van der Waals surface area contributed by atoms with Gasteiger partial charge < -0.3 is 14.4 Å². The summed E-state index contributed by atoms with van der Waals surface area (Å²) >= 11 is 1.31. The summed E-state index contributed by atoms with van der Waals surface area (Å²) in [6.45, 7) is 11.6. The van der Waals surface area contributed by atoms with Crippen LogP contribution >= 0.6 is 11.3 Å². The molecule has 0 bridgehead atoms. The number of rotatable bonds is 9. The van der Waals surface area contributed by atoms with Crippen molar-refractivity contribution in [2.24, 2.45) is 4.99 Å². The van der Waals surface area contributed by atoms with Crippen LogP contribution in [-0.4, -0.2) is 37.3 Å². The molecule has 1 aliphatic heterocycles. The van der Waals surface area contributed by atoms with Crippen LogP contribution in [0.5, 0.6) is 5.75 Å². The van der Waals surface area contributed by atoms with Gasteiger partial charge in [0.1, 0.15) is 12.4 Å². The van der Waals surface area contributed by atoms with Crippen molar-refractivity contribution in [2.75, 3.05) is 31.7 Å². The number of allylic oxidation sites excluding steroid dienone is 1. The average molecular weight is 518 g/mol. The van der Waals surface area contributed by atoms with Gasteiger partial charge in [0, 0.05) is 18.8 Å². The highest BCUT2D eigenvalue weighted by atomic mass is 32.1. The highest BCUT2D eigenvalue weighted by Gasteiger charge is 2.33. The summed E-state index contributed by atoms with van der Waals surface area (Å²) in [5.41, 5.74) is 3.46. The Labute approximate surface area is 220 Å². The fourth-order valence-electron chi connectivity index (χ4n) is 4.42. The zero-order chi connectivity index (χ0) is 26.5. The van der Waals surface area contributed by atoms with Crippen molar-refractivity contribution in [3.63, 3.8) is 0 Å². The van der Waals surface area contributed by atoms with E-state index in [9.17, 15) is 9.59 Å². The molecule has 3 aromatic rings. The van der Waals surface area contributed by atoms with E-state index in [1.807, 2.05) is 42.5 Å². The number of carbonyl (C=O) groups is 1. The van der Waals surface area contributed by atoms with Gasteiger partial charge in [-0.15, -0.1) is 0 Å². The highest BCUT2D eigenvalue weighted by molar-refractivity contribution is 7.07. The molecule has 0 amide bonds. The van der Waals surface area contributed by atoms with Crippen LogP contribution in [0.1, 0.15) is 37.9 Å². The molecule has 37 heavy (non-hydrogen) atoms. The SMILES string of the molecule is C=CCOC(=O)C1=C(C)N=c2s/c(=C/c3ccc(N(CC)CC)cc3)c(=O)n2[C@@H]1c1ccc(OC)cc1. The number of fused-ring (bicyclic) bond motifs is 1. The number of esters is 1. The van der Waals surface area contributed by atoms with Crippen LogP contribution in [0.25, 0.3) is 6.08 Å². The minimum absolute atomic E-state index is 0.0683. The van der Waals surface area contributed by atoms with E-state index < -0.39 is 12.0 Å². The fraction of sp³-hybridized carbons (Fsp3) is 0.276. The first kappa shape index (κ1) is 26.2. The molecule has 0 saturated heterocycles. The van der Waals surface area contributed by atoms with E-state index in [2.05, 4.69) is 42.5 Å². The second-order valence-electron chi connectivity index (χ2n) is 8.51. The van der Waals surface area contributed by atoms with E-state index in [1.165, 1.54) is 17.4 Å². The van der Waals surface area contributed by atoms with Gasteiger partial charge in [-0.2, -0.15) is 0 Å². The van der Waals surface area contributed by atoms with Crippen LogP contribution in [0.4, 0.5) is 5.69 Å². The monoisotopic (exact) mass is 517 g/mol. The lowest BCUT2D eigenvalue weighted by molar-refractivity contribution is -0.138. The molecule has 0 fully saturated rings. The van der Waals surface area contributed by atoms with E-state index in [4.69, 9.17) is 9.47 Å². The van der Waals surface area contributed by atoms with Crippen molar-refractivity contribution >= 4 is 29.1 Å². The van der Waals surface area contributed by atoms with Gasteiger partial charge in [0.2, 0.25) is 0 Å². The Morgan fingerprint density at radius 3 is 2.41 bits per heavy atom. The molecule has 192 valence electrons. The van der Waals surface area contributed by atoms with E-state index in [1.54, 1.807) is 18.6 Å². The van der Waals surface area contributed by atoms with E-state index in [0.717, 1.165) is 29.9 Å². The zero-order valence-corrected chi connectivity index (χ0v) is 22.4. The van der Waals surface area contributed by atoms with Gasteiger partial charge in [-0.05, 0) is 62.2 Å². The number of benzene rings is 2. The summed E-state index contributed by atoms with van der Waals surface area (Å²) in [6.07, 6.45) is 3.38. The predicted octanol–water partition coefficient (Wildman–Crippen LogP) is 3.82. The maximum absolute atomic E-state index is 13.7. The lowest BCUT2D eigenvalue weighted by atomic mass is 9.96. The van der Waals surface area contributed by atoms with E-state index in [-0.39, 0.29) is 12.2 Å². The third-order valence-electron chi connectivity index (χ3n) is 6.32. The number of anilines is 1. The Hall–Kier alpha value is -3.91. The van der Waals surface area contributed by atoms with Crippen molar-refractivity contribution < 1.29 is 14.3 Å². The molecule has 1 aromatic heterocycles. The first-order chi connectivity index (χ1) is 17.9. The smallest absolute Gasteiger partial charge is 0.338 e. The van der Waals surface area contributed by atoms with Crippen molar-refractivity contribution in [1.29, 1.82) is 0 Å². The van der Waals surface area contributed by atoms with Gasteiger partial charge in [0.05, 0.1) is 29.0 Å². The third kappa shape index (κ3) is 5.29. The number of hydrogen-bond donors (Lipinski definition) is 0. The molecule has 0 radical (unpaired) electrons. The van der Waals surface area contributed by atoms with Gasteiger partial charge in [-0.3, -0.25) is 9.36 Å². The molecule has 7 nitrogen and oxygen atoms in total. The second-order valence-corrected chi connectivity index (χ2v) is 9.52. The molecule has 8 heteroatoms. The van der Waals surface area contributed by atoms with Crippen LogP contribution in [0.2, 0.25) is 0 Å². The molecular weight excluding hydrogens is 486 g/mol. The van der Waals surface area contributed by atoms with Gasteiger partial charge in [0.15, 0.2) is 4.80 Å². The summed E-state index contributed by atoms with van der Waals surface area (Å²) in [7, 11) is 1.59. The number of aromatic nitrogens is 1. The Bertz CT molecular complexity index is 1490. The number of methoxy groups -OCH3 is 1. The summed E-state index contributed by atoms with van der Waals surface area (Å²) in [4.78, 5) is 34.3. The number of nitrogens with zero attached hydrogens (tertiary/aromatic N) is 3. The molecule has 2 aromatic carbocycles. The minimum Gasteiger partial charge on any atom is -0.497 e. The Morgan fingerprint density at radius 2 is 1.81 bits per heavy atom. The van der Waals surface area contributed by atoms with Crippen molar-refractivity contribution in [3.05, 3.63) is 103 Å². The molecule has 0 spiro atoms. The highest BCUT2D eigenvalue weighted by Crippen LogP contribution is 2.31. The zero-order valence-electron chi connectivity index (χ0n) is 21.6. The Balaban J connectivity index is 1.84. The molecule has 1 aliphatic rings.